The van der Waals surface area contributed by atoms with Crippen LogP contribution in [0.1, 0.15) is 54.4 Å². The zero-order valence-corrected chi connectivity index (χ0v) is 23.4. The van der Waals surface area contributed by atoms with Crippen LogP contribution in [0.25, 0.3) is 11.3 Å². The van der Waals surface area contributed by atoms with Crippen LogP contribution in [0.3, 0.4) is 0 Å². The SMILES string of the molecule is O=C1Nc2ccc([N+](=O)[O-])cc2C1=C(Nc1ccc(CN2CCCC2)cc1)c1ccc(CCN2CCCCC2)cc1. The van der Waals surface area contributed by atoms with Crippen molar-refractivity contribution in [1.29, 1.82) is 0 Å². The molecule has 3 aromatic rings. The molecule has 3 aromatic carbocycles. The van der Waals surface area contributed by atoms with Gasteiger partial charge in [-0.1, -0.05) is 42.8 Å². The van der Waals surface area contributed by atoms with E-state index in [2.05, 4.69) is 44.7 Å². The van der Waals surface area contributed by atoms with Gasteiger partial charge in [-0.3, -0.25) is 19.8 Å². The standard InChI is InChI=1S/C33H37N5O3/c39-33-31(29-22-28(38(40)41)14-15-30(29)35-33)32(34-27-12-8-25(9-13-27)23-37-19-4-5-20-37)26-10-6-24(7-11-26)16-21-36-17-2-1-3-18-36/h6-15,22,34H,1-5,16-21,23H2,(H,35,39). The Morgan fingerprint density at radius 3 is 2.20 bits per heavy atom. The predicted molar refractivity (Wildman–Crippen MR) is 164 cm³/mol. The van der Waals surface area contributed by atoms with Crippen molar-refractivity contribution in [3.8, 4) is 0 Å². The van der Waals surface area contributed by atoms with Crippen LogP contribution in [0.15, 0.2) is 66.7 Å². The maximum atomic E-state index is 13.3. The van der Waals surface area contributed by atoms with Crippen LogP contribution in [0.4, 0.5) is 17.1 Å². The first-order valence-corrected chi connectivity index (χ1v) is 14.8. The van der Waals surface area contributed by atoms with Gasteiger partial charge in [0.25, 0.3) is 11.6 Å². The molecule has 0 saturated carbocycles. The smallest absolute Gasteiger partial charge is 0.270 e. The van der Waals surface area contributed by atoms with E-state index in [1.165, 1.54) is 68.5 Å². The molecule has 2 N–H and O–H groups in total. The van der Waals surface area contributed by atoms with E-state index in [1.54, 1.807) is 6.07 Å². The summed E-state index contributed by atoms with van der Waals surface area (Å²) in [5.41, 5.74) is 6.33. The van der Waals surface area contributed by atoms with Crippen molar-refractivity contribution in [3.05, 3.63) is 99.1 Å². The summed E-state index contributed by atoms with van der Waals surface area (Å²) >= 11 is 0. The van der Waals surface area contributed by atoms with Crippen LogP contribution in [0.5, 0.6) is 0 Å². The minimum absolute atomic E-state index is 0.0450. The Morgan fingerprint density at radius 2 is 1.49 bits per heavy atom. The van der Waals surface area contributed by atoms with Gasteiger partial charge in [-0.25, -0.2) is 0 Å². The number of carbonyl (C=O) groups excluding carboxylic acids is 1. The molecule has 3 aliphatic rings. The summed E-state index contributed by atoms with van der Waals surface area (Å²) in [6.45, 7) is 6.63. The Balaban J connectivity index is 1.30. The number of hydrogen-bond donors (Lipinski definition) is 2. The second kappa shape index (κ2) is 12.2. The number of anilines is 2. The normalized spacial score (nSPS) is 18.7. The molecule has 1 amide bonds. The largest absolute Gasteiger partial charge is 0.354 e. The number of nitro groups is 1. The van der Waals surface area contributed by atoms with Crippen LogP contribution in [0, 0.1) is 10.1 Å². The van der Waals surface area contributed by atoms with Gasteiger partial charge in [0.2, 0.25) is 0 Å². The summed E-state index contributed by atoms with van der Waals surface area (Å²) in [5.74, 6) is -0.275. The number of fused-ring (bicyclic) bond motifs is 1. The van der Waals surface area contributed by atoms with Gasteiger partial charge < -0.3 is 15.5 Å². The van der Waals surface area contributed by atoms with E-state index in [1.807, 2.05) is 24.3 Å². The lowest BCUT2D eigenvalue weighted by molar-refractivity contribution is -0.384. The molecule has 3 heterocycles. The number of rotatable bonds is 9. The van der Waals surface area contributed by atoms with Gasteiger partial charge in [0.05, 0.1) is 16.2 Å². The molecular weight excluding hydrogens is 514 g/mol. The summed E-state index contributed by atoms with van der Waals surface area (Å²) in [4.78, 5) is 29.4. The predicted octanol–water partition coefficient (Wildman–Crippen LogP) is 6.15. The molecule has 2 fully saturated rings. The Bertz CT molecular complexity index is 1440. The van der Waals surface area contributed by atoms with Gasteiger partial charge in [-0.05, 0) is 93.2 Å². The molecule has 0 unspecified atom stereocenters. The van der Waals surface area contributed by atoms with Gasteiger partial charge >= 0.3 is 0 Å². The summed E-state index contributed by atoms with van der Waals surface area (Å²) in [7, 11) is 0. The number of benzene rings is 3. The highest BCUT2D eigenvalue weighted by Crippen LogP contribution is 2.39. The lowest BCUT2D eigenvalue weighted by Gasteiger charge is -2.26. The topological polar surface area (TPSA) is 90.7 Å². The molecule has 0 aromatic heterocycles. The molecule has 6 rings (SSSR count). The van der Waals surface area contributed by atoms with Crippen molar-refractivity contribution in [2.45, 2.75) is 45.1 Å². The fourth-order valence-electron chi connectivity index (χ4n) is 6.14. The van der Waals surface area contributed by atoms with Crippen molar-refractivity contribution in [3.63, 3.8) is 0 Å². The average molecular weight is 552 g/mol. The van der Waals surface area contributed by atoms with E-state index in [4.69, 9.17) is 0 Å². The third-order valence-corrected chi connectivity index (χ3v) is 8.44. The minimum Gasteiger partial charge on any atom is -0.354 e. The lowest BCUT2D eigenvalue weighted by atomic mass is 9.98. The second-order valence-corrected chi connectivity index (χ2v) is 11.3. The monoisotopic (exact) mass is 551 g/mol. The van der Waals surface area contributed by atoms with Gasteiger partial charge in [0.1, 0.15) is 0 Å². The number of nitrogens with one attached hydrogen (secondary N) is 2. The number of nitrogens with zero attached hydrogens (tertiary/aromatic N) is 3. The molecule has 0 bridgehead atoms. The summed E-state index contributed by atoms with van der Waals surface area (Å²) in [6.07, 6.45) is 7.39. The maximum absolute atomic E-state index is 13.3. The fraction of sp³-hybridized carbons (Fsp3) is 0.364. The summed E-state index contributed by atoms with van der Waals surface area (Å²) < 4.78 is 0. The third-order valence-electron chi connectivity index (χ3n) is 8.44. The Morgan fingerprint density at radius 1 is 0.829 bits per heavy atom. The zero-order valence-electron chi connectivity index (χ0n) is 23.4. The number of non-ortho nitro benzene ring substituents is 1. The molecule has 212 valence electrons. The van der Waals surface area contributed by atoms with E-state index in [9.17, 15) is 14.9 Å². The highest BCUT2D eigenvalue weighted by atomic mass is 16.6. The highest BCUT2D eigenvalue weighted by molar-refractivity contribution is 6.37. The molecule has 0 aliphatic carbocycles. The molecule has 8 nitrogen and oxygen atoms in total. The Kier molecular flexibility index (Phi) is 8.11. The van der Waals surface area contributed by atoms with Crippen LogP contribution in [-0.4, -0.2) is 53.4 Å². The van der Waals surface area contributed by atoms with E-state index in [0.29, 0.717) is 22.5 Å². The van der Waals surface area contributed by atoms with E-state index < -0.39 is 4.92 Å². The third kappa shape index (κ3) is 6.34. The Hall–Kier alpha value is -4.01. The molecule has 8 heteroatoms. The van der Waals surface area contributed by atoms with Crippen molar-refractivity contribution in [2.75, 3.05) is 43.4 Å². The number of likely N-dealkylation sites (tertiary alicyclic amines) is 2. The first-order valence-electron chi connectivity index (χ1n) is 14.8. The molecule has 41 heavy (non-hydrogen) atoms. The van der Waals surface area contributed by atoms with Crippen molar-refractivity contribution in [2.24, 2.45) is 0 Å². The van der Waals surface area contributed by atoms with Crippen LogP contribution in [0.2, 0.25) is 0 Å². The van der Waals surface area contributed by atoms with Crippen molar-refractivity contribution >= 4 is 34.2 Å². The zero-order chi connectivity index (χ0) is 28.2. The lowest BCUT2D eigenvalue weighted by Crippen LogP contribution is -2.31. The quantitative estimate of drug-likeness (QED) is 0.188. The number of piperidine rings is 1. The summed E-state index contributed by atoms with van der Waals surface area (Å²) in [6, 6.07) is 21.2. The Labute approximate surface area is 241 Å². The van der Waals surface area contributed by atoms with Gasteiger partial charge in [-0.15, -0.1) is 0 Å². The minimum atomic E-state index is -0.427. The maximum Gasteiger partial charge on any atom is 0.270 e. The molecule has 3 aliphatic heterocycles. The van der Waals surface area contributed by atoms with Crippen LogP contribution in [-0.2, 0) is 17.8 Å². The molecule has 0 spiro atoms. The average Bonchev–Trinajstić information content (AvgIpc) is 3.63. The number of amides is 1. The van der Waals surface area contributed by atoms with Crippen LogP contribution < -0.4 is 10.6 Å². The number of nitro benzene ring substituents is 1. The van der Waals surface area contributed by atoms with Crippen LogP contribution >= 0.6 is 0 Å². The fourth-order valence-corrected chi connectivity index (χ4v) is 6.14. The second-order valence-electron chi connectivity index (χ2n) is 11.3. The highest BCUT2D eigenvalue weighted by Gasteiger charge is 2.30. The van der Waals surface area contributed by atoms with E-state index >= 15 is 0 Å². The number of hydrogen-bond acceptors (Lipinski definition) is 6. The van der Waals surface area contributed by atoms with Gasteiger partial charge in [0, 0.05) is 42.2 Å². The van der Waals surface area contributed by atoms with E-state index in [-0.39, 0.29) is 11.6 Å². The first kappa shape index (κ1) is 27.2. The number of carbonyl (C=O) groups is 1. The first-order chi connectivity index (χ1) is 20.0. The van der Waals surface area contributed by atoms with Crippen molar-refractivity contribution < 1.29 is 9.72 Å². The van der Waals surface area contributed by atoms with Gasteiger partial charge in [-0.2, -0.15) is 0 Å². The molecule has 0 radical (unpaired) electrons. The molecular formula is C33H37N5O3. The summed E-state index contributed by atoms with van der Waals surface area (Å²) in [5, 5.41) is 18.0. The van der Waals surface area contributed by atoms with E-state index in [0.717, 1.165) is 43.9 Å². The van der Waals surface area contributed by atoms with Gasteiger partial charge in [0.15, 0.2) is 0 Å². The van der Waals surface area contributed by atoms with Crippen molar-refractivity contribution in [1.82, 2.24) is 9.80 Å². The molecule has 0 atom stereocenters. The molecule has 2 saturated heterocycles.